The molecule has 0 spiro atoms. The zero-order valence-corrected chi connectivity index (χ0v) is 40.6. The van der Waals surface area contributed by atoms with Gasteiger partial charge in [-0.05, 0) is 43.5 Å². The maximum absolute atomic E-state index is 12.1. The minimum Gasteiger partial charge on any atom is -1.00 e. The summed E-state index contributed by atoms with van der Waals surface area (Å²) >= 11 is 0. The Labute approximate surface area is 373 Å². The summed E-state index contributed by atoms with van der Waals surface area (Å²) in [6.45, 7) is 8.83. The van der Waals surface area contributed by atoms with E-state index in [1.165, 1.54) is 230 Å². The third-order valence-corrected chi connectivity index (χ3v) is 12.1. The van der Waals surface area contributed by atoms with Crippen LogP contribution in [0.4, 0.5) is 5.69 Å². The van der Waals surface area contributed by atoms with Gasteiger partial charge in [0.05, 0.1) is 4.90 Å². The van der Waals surface area contributed by atoms with E-state index in [2.05, 4.69) is 25.5 Å². The topological polar surface area (TPSA) is 98.5 Å². The SMILES string of the molecule is CCCCCCCCCCCCCCCCCC(=O)NS(=O)(=O)c1ccc(N)cc1.CCCCCCCCCCCCOCCCCCCCCCCCC.[H-].[Na+]. The summed E-state index contributed by atoms with van der Waals surface area (Å²) in [7, 11) is -3.80. The van der Waals surface area contributed by atoms with E-state index in [1.54, 1.807) is 0 Å². The molecule has 0 aliphatic rings. The van der Waals surface area contributed by atoms with Gasteiger partial charge in [0.25, 0.3) is 10.0 Å². The largest absolute Gasteiger partial charge is 1.00 e. The van der Waals surface area contributed by atoms with E-state index in [4.69, 9.17) is 10.5 Å². The van der Waals surface area contributed by atoms with Crippen LogP contribution in [-0.2, 0) is 19.6 Å². The number of nitrogens with two attached hydrogens (primary N) is 1. The molecule has 0 fully saturated rings. The fourth-order valence-electron chi connectivity index (χ4n) is 7.05. The van der Waals surface area contributed by atoms with Crippen LogP contribution in [0.25, 0.3) is 0 Å². The molecular formula is C48H93N2NaO4S. The van der Waals surface area contributed by atoms with Crippen molar-refractivity contribution in [2.75, 3.05) is 18.9 Å². The van der Waals surface area contributed by atoms with E-state index >= 15 is 0 Å². The Kier molecular flexibility index (Phi) is 46.7. The van der Waals surface area contributed by atoms with Crippen molar-refractivity contribution in [1.82, 2.24) is 4.72 Å². The molecular weight excluding hydrogens is 724 g/mol. The Bertz CT molecular complexity index is 1020. The molecule has 1 rings (SSSR count). The third kappa shape index (κ3) is 41.6. The van der Waals surface area contributed by atoms with Crippen LogP contribution in [0.5, 0.6) is 0 Å². The summed E-state index contributed by atoms with van der Waals surface area (Å²) in [6.07, 6.45) is 47.3. The van der Waals surface area contributed by atoms with Crippen molar-refractivity contribution >= 4 is 21.6 Å². The molecule has 0 saturated heterocycles. The van der Waals surface area contributed by atoms with Crippen LogP contribution >= 0.6 is 0 Å². The Morgan fingerprint density at radius 3 is 1.05 bits per heavy atom. The molecule has 1 amide bonds. The zero-order chi connectivity index (χ0) is 40.3. The van der Waals surface area contributed by atoms with Gasteiger partial charge in [0.2, 0.25) is 5.91 Å². The summed E-state index contributed by atoms with van der Waals surface area (Å²) in [5.74, 6) is -0.443. The average molecular weight is 817 g/mol. The number of amides is 1. The maximum Gasteiger partial charge on any atom is 1.00 e. The number of hydrogen-bond acceptors (Lipinski definition) is 5. The van der Waals surface area contributed by atoms with Gasteiger partial charge in [-0.15, -0.1) is 0 Å². The van der Waals surface area contributed by atoms with Crippen LogP contribution in [-0.4, -0.2) is 27.5 Å². The molecule has 0 heterocycles. The molecule has 0 saturated carbocycles. The molecule has 0 aliphatic carbocycles. The van der Waals surface area contributed by atoms with E-state index < -0.39 is 15.9 Å². The number of nitrogens with one attached hydrogen (secondary N) is 1. The van der Waals surface area contributed by atoms with E-state index in [1.807, 2.05) is 0 Å². The van der Waals surface area contributed by atoms with Gasteiger partial charge >= 0.3 is 29.6 Å². The Balaban J connectivity index is -0.00000100. The van der Waals surface area contributed by atoms with Crippen molar-refractivity contribution in [1.29, 1.82) is 0 Å². The van der Waals surface area contributed by atoms with E-state index in [-0.39, 0.29) is 42.3 Å². The molecule has 0 bridgehead atoms. The number of rotatable bonds is 40. The minimum absolute atomic E-state index is 0. The molecule has 56 heavy (non-hydrogen) atoms. The molecule has 0 atom stereocenters. The minimum atomic E-state index is -3.80. The van der Waals surface area contributed by atoms with Crippen molar-refractivity contribution < 1.29 is 48.9 Å². The zero-order valence-electron chi connectivity index (χ0n) is 38.8. The van der Waals surface area contributed by atoms with Crippen molar-refractivity contribution in [3.8, 4) is 0 Å². The quantitative estimate of drug-likeness (QED) is 0.0390. The Hall–Kier alpha value is -0.600. The van der Waals surface area contributed by atoms with Gasteiger partial charge in [0, 0.05) is 25.3 Å². The number of carbonyl (C=O) groups is 1. The number of hydrogen-bond donors (Lipinski definition) is 2. The molecule has 1 aromatic carbocycles. The molecule has 6 nitrogen and oxygen atoms in total. The van der Waals surface area contributed by atoms with Crippen LogP contribution in [0.3, 0.4) is 0 Å². The number of benzene rings is 1. The van der Waals surface area contributed by atoms with Crippen LogP contribution in [0.2, 0.25) is 0 Å². The fourth-order valence-corrected chi connectivity index (χ4v) is 8.06. The van der Waals surface area contributed by atoms with Crippen LogP contribution in [0, 0.1) is 0 Å². The number of anilines is 1. The number of ether oxygens (including phenoxy) is 1. The van der Waals surface area contributed by atoms with Gasteiger partial charge in [-0.1, -0.05) is 226 Å². The van der Waals surface area contributed by atoms with Gasteiger partial charge < -0.3 is 11.9 Å². The van der Waals surface area contributed by atoms with E-state index in [0.29, 0.717) is 5.69 Å². The van der Waals surface area contributed by atoms with Crippen molar-refractivity contribution in [2.24, 2.45) is 0 Å². The number of carbonyl (C=O) groups excluding carboxylic acids is 1. The van der Waals surface area contributed by atoms with Gasteiger partial charge in [0.1, 0.15) is 0 Å². The Morgan fingerprint density at radius 1 is 0.482 bits per heavy atom. The van der Waals surface area contributed by atoms with Gasteiger partial charge in [-0.2, -0.15) is 0 Å². The molecule has 0 aliphatic heterocycles. The summed E-state index contributed by atoms with van der Waals surface area (Å²) in [4.78, 5) is 12.0. The number of unbranched alkanes of at least 4 members (excludes halogenated alkanes) is 32. The number of sulfonamides is 1. The normalized spacial score (nSPS) is 11.2. The van der Waals surface area contributed by atoms with Crippen LogP contribution in [0.15, 0.2) is 29.2 Å². The predicted octanol–water partition coefficient (Wildman–Crippen LogP) is 12.3. The smallest absolute Gasteiger partial charge is 1.00 e. The summed E-state index contributed by atoms with van der Waals surface area (Å²) in [6, 6.07) is 5.82. The summed E-state index contributed by atoms with van der Waals surface area (Å²) in [5.41, 5.74) is 6.04. The maximum atomic E-state index is 12.1. The first-order chi connectivity index (χ1) is 26.9. The monoisotopic (exact) mass is 817 g/mol. The second-order valence-corrected chi connectivity index (χ2v) is 18.0. The standard InChI is InChI=1S/C24H42N2O3S.C24H50O.Na.H/c1-2-3-4-5-6-7-8-9-10-11-12-13-14-15-16-17-24(27)26-30(28,29)23-20-18-22(25)19-21-23;1-3-5-7-9-11-13-15-17-19-21-23-25-24-22-20-18-16-14-12-10-8-6-4-2;;/h18-21H,2-17,25H2,1H3,(H,26,27);3-24H2,1-2H3;;/q;;+1;-1. The predicted molar refractivity (Wildman–Crippen MR) is 241 cm³/mol. The van der Waals surface area contributed by atoms with Crippen LogP contribution in [0.1, 0.15) is 253 Å². The summed E-state index contributed by atoms with van der Waals surface area (Å²) < 4.78 is 32.2. The molecule has 0 radical (unpaired) electrons. The average Bonchev–Trinajstić information content (AvgIpc) is 3.17. The second-order valence-electron chi connectivity index (χ2n) is 16.3. The molecule has 3 N–H and O–H groups in total. The third-order valence-electron chi connectivity index (χ3n) is 10.7. The van der Waals surface area contributed by atoms with Gasteiger partial charge in [0.15, 0.2) is 0 Å². The van der Waals surface area contributed by atoms with Crippen molar-refractivity contribution in [3.05, 3.63) is 24.3 Å². The molecule has 326 valence electrons. The van der Waals surface area contributed by atoms with Gasteiger partial charge in [-0.3, -0.25) is 4.79 Å². The van der Waals surface area contributed by atoms with Crippen LogP contribution < -0.4 is 40.0 Å². The second kappa shape index (κ2) is 45.5. The first-order valence-corrected chi connectivity index (χ1v) is 25.3. The Morgan fingerprint density at radius 2 is 0.750 bits per heavy atom. The van der Waals surface area contributed by atoms with Crippen molar-refractivity contribution in [3.63, 3.8) is 0 Å². The molecule has 8 heteroatoms. The van der Waals surface area contributed by atoms with E-state index in [9.17, 15) is 13.2 Å². The molecule has 0 aromatic heterocycles. The molecule has 1 aromatic rings. The summed E-state index contributed by atoms with van der Waals surface area (Å²) in [5, 5.41) is 0. The first-order valence-electron chi connectivity index (χ1n) is 23.9. The molecule has 0 unspecified atom stereocenters. The van der Waals surface area contributed by atoms with E-state index in [0.717, 1.165) is 32.5 Å². The van der Waals surface area contributed by atoms with Gasteiger partial charge in [-0.25, -0.2) is 13.1 Å². The fraction of sp³-hybridized carbons (Fsp3) is 0.854. The first kappa shape index (κ1) is 57.5. The number of nitrogen functional groups attached to an aromatic ring is 1. The van der Waals surface area contributed by atoms with Crippen molar-refractivity contribution in [2.45, 2.75) is 257 Å².